The van der Waals surface area contributed by atoms with Crippen LogP contribution in [0.5, 0.6) is 11.5 Å². The number of ether oxygens (including phenoxy) is 2. The van der Waals surface area contributed by atoms with E-state index < -0.39 is 17.4 Å². The lowest BCUT2D eigenvalue weighted by Gasteiger charge is -2.18. The summed E-state index contributed by atoms with van der Waals surface area (Å²) in [6, 6.07) is 7.99. The van der Waals surface area contributed by atoms with Gasteiger partial charge in [-0.05, 0) is 42.0 Å². The molecule has 0 aliphatic carbocycles. The monoisotopic (exact) mass is 302 g/mol. The van der Waals surface area contributed by atoms with Crippen molar-refractivity contribution in [3.05, 3.63) is 65.2 Å². The molecule has 0 fully saturated rings. The van der Waals surface area contributed by atoms with Gasteiger partial charge in [-0.3, -0.25) is 4.79 Å². The average Bonchev–Trinajstić information content (AvgIpc) is 2.54. The molecule has 0 saturated carbocycles. The molecule has 1 heterocycles. The number of hydrogen-bond acceptors (Lipinski definition) is 3. The van der Waals surface area contributed by atoms with Crippen molar-refractivity contribution >= 4 is 11.9 Å². The van der Waals surface area contributed by atoms with Gasteiger partial charge in [-0.25, -0.2) is 8.78 Å². The van der Waals surface area contributed by atoms with Crippen LogP contribution in [-0.4, -0.2) is 19.0 Å². The summed E-state index contributed by atoms with van der Waals surface area (Å²) >= 11 is 0. The Hall–Kier alpha value is -2.69. The van der Waals surface area contributed by atoms with Crippen molar-refractivity contribution in [3.8, 4) is 11.5 Å². The highest BCUT2D eigenvalue weighted by Gasteiger charge is 2.12. The van der Waals surface area contributed by atoms with E-state index >= 15 is 0 Å². The van der Waals surface area contributed by atoms with E-state index in [0.717, 1.165) is 18.2 Å². The van der Waals surface area contributed by atoms with Gasteiger partial charge in [0.2, 0.25) is 0 Å². The first-order chi connectivity index (χ1) is 10.6. The predicted molar refractivity (Wildman–Crippen MR) is 77.2 cm³/mol. The summed E-state index contributed by atoms with van der Waals surface area (Å²) < 4.78 is 37.4. The van der Waals surface area contributed by atoms with Crippen molar-refractivity contribution in [2.45, 2.75) is 0 Å². The van der Waals surface area contributed by atoms with Crippen molar-refractivity contribution in [1.82, 2.24) is 0 Å². The Kier molecular flexibility index (Phi) is 3.87. The Bertz CT molecular complexity index is 754. The van der Waals surface area contributed by atoms with Crippen LogP contribution in [0, 0.1) is 11.6 Å². The van der Waals surface area contributed by atoms with E-state index in [9.17, 15) is 13.6 Å². The van der Waals surface area contributed by atoms with Crippen LogP contribution in [0.1, 0.15) is 15.9 Å². The van der Waals surface area contributed by atoms with E-state index in [-0.39, 0.29) is 5.56 Å². The first-order valence-electron chi connectivity index (χ1n) is 6.70. The topological polar surface area (TPSA) is 35.5 Å². The SMILES string of the molecule is O=C(/C=C/c1ccc2c(c1)OCCO2)c1cc(F)ccc1F. The summed E-state index contributed by atoms with van der Waals surface area (Å²) in [6.07, 6.45) is 2.72. The highest BCUT2D eigenvalue weighted by Crippen LogP contribution is 2.31. The van der Waals surface area contributed by atoms with Gasteiger partial charge in [0.15, 0.2) is 17.3 Å². The second kappa shape index (κ2) is 5.97. The van der Waals surface area contributed by atoms with Crippen molar-refractivity contribution in [1.29, 1.82) is 0 Å². The summed E-state index contributed by atoms with van der Waals surface area (Å²) in [4.78, 5) is 11.9. The van der Waals surface area contributed by atoms with Crippen molar-refractivity contribution in [3.63, 3.8) is 0 Å². The lowest BCUT2D eigenvalue weighted by atomic mass is 10.1. The molecule has 0 bridgehead atoms. The molecule has 0 radical (unpaired) electrons. The number of fused-ring (bicyclic) bond motifs is 1. The van der Waals surface area contributed by atoms with E-state index in [0.29, 0.717) is 30.3 Å². The number of carbonyl (C=O) groups excluding carboxylic acids is 1. The standard InChI is InChI=1S/C17H12F2O3/c18-12-3-4-14(19)13(10-12)15(20)5-1-11-2-6-16-17(9-11)22-8-7-21-16/h1-6,9-10H,7-8H2/b5-1+. The summed E-state index contributed by atoms with van der Waals surface area (Å²) in [6.45, 7) is 0.965. The fraction of sp³-hybridized carbons (Fsp3) is 0.118. The first-order valence-corrected chi connectivity index (χ1v) is 6.70. The van der Waals surface area contributed by atoms with Gasteiger partial charge in [0.25, 0.3) is 0 Å². The third kappa shape index (κ3) is 2.98. The van der Waals surface area contributed by atoms with Gasteiger partial charge in [-0.15, -0.1) is 0 Å². The van der Waals surface area contributed by atoms with Gasteiger partial charge in [0.1, 0.15) is 24.8 Å². The fourth-order valence-corrected chi connectivity index (χ4v) is 2.11. The van der Waals surface area contributed by atoms with Gasteiger partial charge in [0.05, 0.1) is 5.56 Å². The molecule has 1 aliphatic rings. The zero-order chi connectivity index (χ0) is 15.5. The number of rotatable bonds is 3. The molecular weight excluding hydrogens is 290 g/mol. The Labute approximate surface area is 125 Å². The normalized spacial score (nSPS) is 13.4. The lowest BCUT2D eigenvalue weighted by molar-refractivity contribution is 0.104. The molecule has 0 unspecified atom stereocenters. The number of halogens is 2. The molecule has 0 spiro atoms. The Morgan fingerprint density at radius 2 is 1.77 bits per heavy atom. The van der Waals surface area contributed by atoms with Crippen LogP contribution in [0.25, 0.3) is 6.08 Å². The largest absolute Gasteiger partial charge is 0.486 e. The second-order valence-electron chi connectivity index (χ2n) is 4.72. The zero-order valence-corrected chi connectivity index (χ0v) is 11.5. The van der Waals surface area contributed by atoms with Gasteiger partial charge < -0.3 is 9.47 Å². The quantitative estimate of drug-likeness (QED) is 0.641. The second-order valence-corrected chi connectivity index (χ2v) is 4.72. The molecule has 112 valence electrons. The summed E-state index contributed by atoms with van der Waals surface area (Å²) in [5, 5.41) is 0. The molecular formula is C17H12F2O3. The van der Waals surface area contributed by atoms with E-state index in [1.165, 1.54) is 12.2 Å². The molecule has 3 nitrogen and oxygen atoms in total. The molecule has 3 rings (SSSR count). The van der Waals surface area contributed by atoms with Gasteiger partial charge in [0, 0.05) is 0 Å². The summed E-state index contributed by atoms with van der Waals surface area (Å²) in [7, 11) is 0. The third-order valence-electron chi connectivity index (χ3n) is 3.19. The van der Waals surface area contributed by atoms with Gasteiger partial charge in [-0.1, -0.05) is 12.1 Å². The first kappa shape index (κ1) is 14.3. The van der Waals surface area contributed by atoms with E-state index in [1.807, 2.05) is 0 Å². The minimum atomic E-state index is -0.752. The number of hydrogen-bond donors (Lipinski definition) is 0. The minimum Gasteiger partial charge on any atom is -0.486 e. The molecule has 22 heavy (non-hydrogen) atoms. The molecule has 1 aliphatic heterocycles. The smallest absolute Gasteiger partial charge is 0.188 e. The van der Waals surface area contributed by atoms with Crippen LogP contribution in [0.3, 0.4) is 0 Å². The molecule has 5 heteroatoms. The molecule has 0 saturated heterocycles. The maximum Gasteiger partial charge on any atom is 0.188 e. The molecule has 2 aromatic carbocycles. The Balaban J connectivity index is 1.81. The fourth-order valence-electron chi connectivity index (χ4n) is 2.11. The molecule has 0 atom stereocenters. The number of allylic oxidation sites excluding steroid dienone is 1. The predicted octanol–water partition coefficient (Wildman–Crippen LogP) is 3.63. The lowest BCUT2D eigenvalue weighted by Crippen LogP contribution is -2.15. The highest BCUT2D eigenvalue weighted by molar-refractivity contribution is 6.07. The van der Waals surface area contributed by atoms with Crippen LogP contribution in [0.2, 0.25) is 0 Å². The van der Waals surface area contributed by atoms with Gasteiger partial charge >= 0.3 is 0 Å². The van der Waals surface area contributed by atoms with Crippen molar-refractivity contribution in [2.75, 3.05) is 13.2 Å². The van der Waals surface area contributed by atoms with Crippen LogP contribution in [0.15, 0.2) is 42.5 Å². The van der Waals surface area contributed by atoms with E-state index in [1.54, 1.807) is 18.2 Å². The van der Waals surface area contributed by atoms with Crippen molar-refractivity contribution in [2.24, 2.45) is 0 Å². The summed E-state index contributed by atoms with van der Waals surface area (Å²) in [5.74, 6) is -0.772. The van der Waals surface area contributed by atoms with Crippen molar-refractivity contribution < 1.29 is 23.0 Å². The molecule has 0 N–H and O–H groups in total. The van der Waals surface area contributed by atoms with Crippen LogP contribution >= 0.6 is 0 Å². The molecule has 0 amide bonds. The maximum absolute atomic E-state index is 13.5. The Morgan fingerprint density at radius 1 is 1.00 bits per heavy atom. The van der Waals surface area contributed by atoms with Crippen LogP contribution < -0.4 is 9.47 Å². The van der Waals surface area contributed by atoms with E-state index in [2.05, 4.69) is 0 Å². The molecule has 0 aromatic heterocycles. The maximum atomic E-state index is 13.5. The van der Waals surface area contributed by atoms with Crippen LogP contribution in [-0.2, 0) is 0 Å². The summed E-state index contributed by atoms with van der Waals surface area (Å²) in [5.41, 5.74) is 0.406. The highest BCUT2D eigenvalue weighted by atomic mass is 19.1. The number of carbonyl (C=O) groups is 1. The average molecular weight is 302 g/mol. The number of ketones is 1. The van der Waals surface area contributed by atoms with Crippen LogP contribution in [0.4, 0.5) is 8.78 Å². The zero-order valence-electron chi connectivity index (χ0n) is 11.5. The Morgan fingerprint density at radius 3 is 2.59 bits per heavy atom. The minimum absolute atomic E-state index is 0.297. The van der Waals surface area contributed by atoms with Gasteiger partial charge in [-0.2, -0.15) is 0 Å². The third-order valence-corrected chi connectivity index (χ3v) is 3.19. The number of benzene rings is 2. The molecule has 2 aromatic rings. The van der Waals surface area contributed by atoms with E-state index in [4.69, 9.17) is 9.47 Å².